The van der Waals surface area contributed by atoms with E-state index in [0.717, 1.165) is 32.9 Å². The first-order valence-electron chi connectivity index (χ1n) is 6.56. The van der Waals surface area contributed by atoms with Crippen molar-refractivity contribution in [1.29, 1.82) is 0 Å². The molecule has 2 aromatic heterocycles. The fourth-order valence-electron chi connectivity index (χ4n) is 2.02. The zero-order chi connectivity index (χ0) is 15.0. The zero-order valence-electron chi connectivity index (χ0n) is 12.1. The summed E-state index contributed by atoms with van der Waals surface area (Å²) in [6.45, 7) is 6.00. The Hall–Kier alpha value is -2.21. The molecule has 0 fully saturated rings. The lowest BCUT2D eigenvalue weighted by molar-refractivity contribution is 0.879. The summed E-state index contributed by atoms with van der Waals surface area (Å²) >= 11 is 1.41. The SMILES string of the molecule is Cc1nc(Sc2nc(N)nc3ccccc23)nc(C)c1C. The summed E-state index contributed by atoms with van der Waals surface area (Å²) < 4.78 is 0. The highest BCUT2D eigenvalue weighted by Crippen LogP contribution is 2.30. The number of aryl methyl sites for hydroxylation is 2. The summed E-state index contributed by atoms with van der Waals surface area (Å²) in [5, 5.41) is 2.41. The summed E-state index contributed by atoms with van der Waals surface area (Å²) in [5.41, 5.74) is 9.70. The molecule has 2 heterocycles. The molecule has 3 rings (SSSR count). The Kier molecular flexibility index (Phi) is 3.47. The Labute approximate surface area is 127 Å². The number of aromatic nitrogens is 4. The van der Waals surface area contributed by atoms with Crippen LogP contribution in [0.3, 0.4) is 0 Å². The van der Waals surface area contributed by atoms with Gasteiger partial charge in [-0.05, 0) is 44.2 Å². The van der Waals surface area contributed by atoms with E-state index in [1.54, 1.807) is 0 Å². The van der Waals surface area contributed by atoms with Crippen LogP contribution in [0.25, 0.3) is 10.9 Å². The number of hydrogen-bond donors (Lipinski definition) is 1. The van der Waals surface area contributed by atoms with E-state index in [4.69, 9.17) is 5.73 Å². The van der Waals surface area contributed by atoms with E-state index < -0.39 is 0 Å². The van der Waals surface area contributed by atoms with Crippen molar-refractivity contribution in [3.05, 3.63) is 41.2 Å². The van der Waals surface area contributed by atoms with Crippen LogP contribution in [0.1, 0.15) is 17.0 Å². The van der Waals surface area contributed by atoms with E-state index in [1.165, 1.54) is 11.8 Å². The maximum absolute atomic E-state index is 5.79. The van der Waals surface area contributed by atoms with Crippen LogP contribution in [0.15, 0.2) is 34.4 Å². The molecule has 2 N–H and O–H groups in total. The first-order chi connectivity index (χ1) is 10.0. The molecule has 3 aromatic rings. The number of para-hydroxylation sites is 1. The van der Waals surface area contributed by atoms with E-state index in [2.05, 4.69) is 19.9 Å². The lowest BCUT2D eigenvalue weighted by Crippen LogP contribution is -2.00. The number of fused-ring (bicyclic) bond motifs is 1. The van der Waals surface area contributed by atoms with Gasteiger partial charge in [0, 0.05) is 16.8 Å². The van der Waals surface area contributed by atoms with E-state index in [1.807, 2.05) is 45.0 Å². The standard InChI is InChI=1S/C15H15N5S/c1-8-9(2)17-15(18-10(8)3)21-13-11-6-4-5-7-12(11)19-14(16)20-13/h4-7H,1-3H3,(H2,16,19,20). The molecule has 0 radical (unpaired) electrons. The average molecular weight is 297 g/mol. The van der Waals surface area contributed by atoms with Crippen LogP contribution in [-0.2, 0) is 0 Å². The molecule has 0 aliphatic carbocycles. The van der Waals surface area contributed by atoms with Crippen molar-refractivity contribution < 1.29 is 0 Å². The molecule has 6 heteroatoms. The van der Waals surface area contributed by atoms with Crippen molar-refractivity contribution in [2.24, 2.45) is 0 Å². The number of nitrogens with two attached hydrogens (primary N) is 1. The molecule has 106 valence electrons. The monoisotopic (exact) mass is 297 g/mol. The lowest BCUT2D eigenvalue weighted by Gasteiger charge is -2.08. The first-order valence-corrected chi connectivity index (χ1v) is 7.38. The molecule has 0 atom stereocenters. The summed E-state index contributed by atoms with van der Waals surface area (Å²) in [7, 11) is 0. The van der Waals surface area contributed by atoms with Crippen LogP contribution in [-0.4, -0.2) is 19.9 Å². The molecule has 0 unspecified atom stereocenters. The second-order valence-electron chi connectivity index (χ2n) is 4.81. The van der Waals surface area contributed by atoms with E-state index in [-0.39, 0.29) is 5.95 Å². The van der Waals surface area contributed by atoms with Crippen molar-refractivity contribution in [3.8, 4) is 0 Å². The van der Waals surface area contributed by atoms with Crippen molar-refractivity contribution in [2.45, 2.75) is 31.0 Å². The van der Waals surface area contributed by atoms with E-state index in [0.29, 0.717) is 5.16 Å². The maximum atomic E-state index is 5.79. The highest BCUT2D eigenvalue weighted by atomic mass is 32.2. The van der Waals surface area contributed by atoms with Crippen LogP contribution in [0.2, 0.25) is 0 Å². The van der Waals surface area contributed by atoms with Gasteiger partial charge in [0.1, 0.15) is 5.03 Å². The molecule has 0 saturated heterocycles. The van der Waals surface area contributed by atoms with Crippen LogP contribution in [0, 0.1) is 20.8 Å². The second kappa shape index (κ2) is 5.29. The molecule has 0 aliphatic rings. The van der Waals surface area contributed by atoms with E-state index in [9.17, 15) is 0 Å². The number of nitrogens with zero attached hydrogens (tertiary/aromatic N) is 4. The van der Waals surface area contributed by atoms with Gasteiger partial charge in [-0.25, -0.2) is 19.9 Å². The summed E-state index contributed by atoms with van der Waals surface area (Å²) in [6.07, 6.45) is 0. The Morgan fingerprint density at radius 3 is 2.29 bits per heavy atom. The van der Waals surface area contributed by atoms with Crippen LogP contribution in [0.5, 0.6) is 0 Å². The molecule has 0 saturated carbocycles. The molecule has 0 bridgehead atoms. The topological polar surface area (TPSA) is 77.6 Å². The van der Waals surface area contributed by atoms with Crippen LogP contribution in [0.4, 0.5) is 5.95 Å². The van der Waals surface area contributed by atoms with Gasteiger partial charge < -0.3 is 5.73 Å². The fourth-order valence-corrected chi connectivity index (χ4v) is 2.98. The third kappa shape index (κ3) is 2.67. The number of benzene rings is 1. The highest BCUT2D eigenvalue weighted by molar-refractivity contribution is 7.99. The first kappa shape index (κ1) is 13.8. The van der Waals surface area contributed by atoms with Gasteiger partial charge in [-0.1, -0.05) is 18.2 Å². The Bertz CT molecular complexity index is 808. The fraction of sp³-hybridized carbons (Fsp3) is 0.200. The predicted octanol–water partition coefficient (Wildman–Crippen LogP) is 3.08. The number of nitrogen functional groups attached to an aromatic ring is 1. The smallest absolute Gasteiger partial charge is 0.221 e. The van der Waals surface area contributed by atoms with Crippen LogP contribution >= 0.6 is 11.8 Å². The Morgan fingerprint density at radius 1 is 0.905 bits per heavy atom. The molecular formula is C15H15N5S. The van der Waals surface area contributed by atoms with Crippen molar-refractivity contribution in [3.63, 3.8) is 0 Å². The minimum atomic E-state index is 0.261. The minimum Gasteiger partial charge on any atom is -0.368 e. The van der Waals surface area contributed by atoms with Gasteiger partial charge >= 0.3 is 0 Å². The van der Waals surface area contributed by atoms with E-state index >= 15 is 0 Å². The summed E-state index contributed by atoms with van der Waals surface area (Å²) in [4.78, 5) is 17.6. The highest BCUT2D eigenvalue weighted by Gasteiger charge is 2.11. The quantitative estimate of drug-likeness (QED) is 0.578. The van der Waals surface area contributed by atoms with Gasteiger partial charge in [0.2, 0.25) is 5.95 Å². The maximum Gasteiger partial charge on any atom is 0.221 e. The van der Waals surface area contributed by atoms with Gasteiger partial charge in [-0.3, -0.25) is 0 Å². The van der Waals surface area contributed by atoms with Crippen molar-refractivity contribution in [2.75, 3.05) is 5.73 Å². The minimum absolute atomic E-state index is 0.261. The largest absolute Gasteiger partial charge is 0.368 e. The lowest BCUT2D eigenvalue weighted by atomic mass is 10.2. The number of rotatable bonds is 2. The molecule has 0 aliphatic heterocycles. The third-order valence-electron chi connectivity index (χ3n) is 3.39. The summed E-state index contributed by atoms with van der Waals surface area (Å²) in [5.74, 6) is 0.261. The Balaban J connectivity index is 2.10. The molecule has 1 aromatic carbocycles. The van der Waals surface area contributed by atoms with Crippen molar-refractivity contribution >= 4 is 28.6 Å². The van der Waals surface area contributed by atoms with Gasteiger partial charge in [0.25, 0.3) is 0 Å². The molecule has 5 nitrogen and oxygen atoms in total. The third-order valence-corrected chi connectivity index (χ3v) is 4.26. The molecule has 0 amide bonds. The summed E-state index contributed by atoms with van der Waals surface area (Å²) in [6, 6.07) is 7.78. The predicted molar refractivity (Wildman–Crippen MR) is 84.3 cm³/mol. The molecule has 0 spiro atoms. The number of hydrogen-bond acceptors (Lipinski definition) is 6. The van der Waals surface area contributed by atoms with Crippen molar-refractivity contribution in [1.82, 2.24) is 19.9 Å². The van der Waals surface area contributed by atoms with Gasteiger partial charge in [0.05, 0.1) is 5.52 Å². The molecule has 21 heavy (non-hydrogen) atoms. The second-order valence-corrected chi connectivity index (χ2v) is 5.76. The molecular weight excluding hydrogens is 282 g/mol. The van der Waals surface area contributed by atoms with Gasteiger partial charge in [0.15, 0.2) is 5.16 Å². The zero-order valence-corrected chi connectivity index (χ0v) is 12.9. The van der Waals surface area contributed by atoms with Gasteiger partial charge in [-0.15, -0.1) is 0 Å². The Morgan fingerprint density at radius 2 is 1.57 bits per heavy atom. The van der Waals surface area contributed by atoms with Gasteiger partial charge in [-0.2, -0.15) is 0 Å². The number of anilines is 1. The normalized spacial score (nSPS) is 11.0. The van der Waals surface area contributed by atoms with Crippen LogP contribution < -0.4 is 5.73 Å². The average Bonchev–Trinajstić information content (AvgIpc) is 2.44.